The van der Waals surface area contributed by atoms with Crippen LogP contribution in [0.25, 0.3) is 21.9 Å². The Bertz CT molecular complexity index is 913. The molecule has 104 valence electrons. The highest BCUT2D eigenvalue weighted by Gasteiger charge is 2.21. The number of fused-ring (bicyclic) bond motifs is 2. The molecule has 8 heteroatoms. The summed E-state index contributed by atoms with van der Waals surface area (Å²) in [6, 6.07) is 0. The van der Waals surface area contributed by atoms with E-state index in [0.717, 1.165) is 0 Å². The Morgan fingerprint density at radius 3 is 2.60 bits per heavy atom. The molecule has 1 aromatic carbocycles. The van der Waals surface area contributed by atoms with Crippen LogP contribution in [0.4, 0.5) is 0 Å². The van der Waals surface area contributed by atoms with Crippen LogP contribution in [-0.4, -0.2) is 29.7 Å². The number of aromatic nitrogens is 4. The van der Waals surface area contributed by atoms with E-state index in [1.807, 2.05) is 0 Å². The fraction of sp³-hybridized carbons (Fsp3) is 0.250. The van der Waals surface area contributed by atoms with Gasteiger partial charge in [0.15, 0.2) is 11.5 Å². The van der Waals surface area contributed by atoms with Crippen molar-refractivity contribution in [2.45, 2.75) is 12.3 Å². The van der Waals surface area contributed by atoms with Crippen LogP contribution in [0.5, 0.6) is 11.5 Å². The molecular weight excluding hydrogens is 328 g/mol. The molecule has 0 saturated carbocycles. The van der Waals surface area contributed by atoms with E-state index in [1.54, 1.807) is 18.5 Å². The monoisotopic (exact) mass is 338 g/mol. The molecule has 0 radical (unpaired) electrons. The van der Waals surface area contributed by atoms with Crippen molar-refractivity contribution in [3.05, 3.63) is 22.0 Å². The summed E-state index contributed by atoms with van der Waals surface area (Å²) in [5, 5.41) is 20.9. The van der Waals surface area contributed by atoms with E-state index in [9.17, 15) is 15.0 Å². The summed E-state index contributed by atoms with van der Waals surface area (Å²) in [5.74, 6) is 0.545. The van der Waals surface area contributed by atoms with Crippen LogP contribution in [0.2, 0.25) is 0 Å². The number of phenols is 2. The SMILES string of the molecule is Cc1nc2c(O)c3c(=O)[nH]c(CBr)nc3c(O)c2n1C. The second kappa shape index (κ2) is 4.20. The average molecular weight is 339 g/mol. The summed E-state index contributed by atoms with van der Waals surface area (Å²) in [7, 11) is 1.72. The first-order valence-electron chi connectivity index (χ1n) is 5.81. The molecule has 0 atom stereocenters. The van der Waals surface area contributed by atoms with Crippen molar-refractivity contribution in [1.82, 2.24) is 19.5 Å². The van der Waals surface area contributed by atoms with Crippen LogP contribution < -0.4 is 5.56 Å². The molecule has 0 fully saturated rings. The lowest BCUT2D eigenvalue weighted by Gasteiger charge is -2.07. The maximum Gasteiger partial charge on any atom is 0.262 e. The first-order chi connectivity index (χ1) is 9.45. The van der Waals surface area contributed by atoms with Crippen LogP contribution in [0.1, 0.15) is 11.6 Å². The minimum atomic E-state index is -0.512. The van der Waals surface area contributed by atoms with Crippen molar-refractivity contribution in [2.24, 2.45) is 7.05 Å². The molecule has 0 bridgehead atoms. The van der Waals surface area contributed by atoms with Crippen molar-refractivity contribution < 1.29 is 10.2 Å². The van der Waals surface area contributed by atoms with Gasteiger partial charge in [0, 0.05) is 7.05 Å². The molecule has 2 heterocycles. The number of rotatable bonds is 1. The summed E-state index contributed by atoms with van der Waals surface area (Å²) in [6.07, 6.45) is 0. The molecule has 3 N–H and O–H groups in total. The first kappa shape index (κ1) is 12.9. The largest absolute Gasteiger partial charge is 0.505 e. The molecule has 0 unspecified atom stereocenters. The molecule has 0 saturated heterocycles. The minimum absolute atomic E-state index is 0.0576. The number of H-pyrrole nitrogens is 1. The van der Waals surface area contributed by atoms with Crippen LogP contribution in [-0.2, 0) is 12.4 Å². The Hall–Kier alpha value is -2.09. The number of aromatic amines is 1. The summed E-state index contributed by atoms with van der Waals surface area (Å²) in [6.45, 7) is 1.74. The maximum absolute atomic E-state index is 12.0. The second-order valence-corrected chi connectivity index (χ2v) is 5.04. The molecule has 3 rings (SSSR count). The van der Waals surface area contributed by atoms with Gasteiger partial charge in [0.25, 0.3) is 5.56 Å². The number of alkyl halides is 1. The quantitative estimate of drug-likeness (QED) is 0.460. The van der Waals surface area contributed by atoms with E-state index >= 15 is 0 Å². The molecular formula is C12H11BrN4O3. The van der Waals surface area contributed by atoms with Gasteiger partial charge in [0.1, 0.15) is 33.6 Å². The van der Waals surface area contributed by atoms with Gasteiger partial charge in [-0.2, -0.15) is 0 Å². The molecule has 2 aromatic heterocycles. The van der Waals surface area contributed by atoms with Gasteiger partial charge in [-0.25, -0.2) is 9.97 Å². The lowest BCUT2D eigenvalue weighted by molar-refractivity contribution is 0.474. The van der Waals surface area contributed by atoms with Crippen LogP contribution in [0.15, 0.2) is 4.79 Å². The maximum atomic E-state index is 12.0. The molecule has 0 aliphatic heterocycles. The number of hydrogen-bond donors (Lipinski definition) is 3. The van der Waals surface area contributed by atoms with Gasteiger partial charge in [-0.1, -0.05) is 15.9 Å². The van der Waals surface area contributed by atoms with Gasteiger partial charge in [0.2, 0.25) is 0 Å². The van der Waals surface area contributed by atoms with Gasteiger partial charge in [-0.3, -0.25) is 4.79 Å². The van der Waals surface area contributed by atoms with Gasteiger partial charge in [0.05, 0.1) is 5.33 Å². The minimum Gasteiger partial charge on any atom is -0.505 e. The molecule has 0 amide bonds. The van der Waals surface area contributed by atoms with Crippen molar-refractivity contribution in [1.29, 1.82) is 0 Å². The van der Waals surface area contributed by atoms with E-state index in [0.29, 0.717) is 22.5 Å². The summed E-state index contributed by atoms with van der Waals surface area (Å²) in [5.41, 5.74) is 0.0960. The fourth-order valence-electron chi connectivity index (χ4n) is 2.25. The Kier molecular flexibility index (Phi) is 2.72. The molecule has 0 spiro atoms. The summed E-state index contributed by atoms with van der Waals surface area (Å²) in [4.78, 5) is 22.9. The number of aromatic hydroxyl groups is 2. The molecule has 0 aliphatic carbocycles. The number of benzene rings is 1. The van der Waals surface area contributed by atoms with E-state index in [-0.39, 0.29) is 27.9 Å². The number of nitrogens with zero attached hydrogens (tertiary/aromatic N) is 3. The number of aryl methyl sites for hydroxylation is 2. The Labute approximate surface area is 121 Å². The zero-order valence-electron chi connectivity index (χ0n) is 10.7. The van der Waals surface area contributed by atoms with Gasteiger partial charge < -0.3 is 19.8 Å². The highest BCUT2D eigenvalue weighted by Crippen LogP contribution is 2.38. The van der Waals surface area contributed by atoms with Gasteiger partial charge in [-0.15, -0.1) is 0 Å². The Morgan fingerprint density at radius 2 is 1.95 bits per heavy atom. The number of phenolic OH excluding ortho intramolecular Hbond substituents is 2. The lowest BCUT2D eigenvalue weighted by Crippen LogP contribution is -2.11. The molecule has 0 aliphatic rings. The first-order valence-corrected chi connectivity index (χ1v) is 6.93. The number of imidazole rings is 1. The van der Waals surface area contributed by atoms with Gasteiger partial charge >= 0.3 is 0 Å². The normalized spacial score (nSPS) is 11.6. The van der Waals surface area contributed by atoms with Crippen LogP contribution in [0, 0.1) is 6.92 Å². The molecule has 3 aromatic rings. The molecule has 20 heavy (non-hydrogen) atoms. The smallest absolute Gasteiger partial charge is 0.262 e. The second-order valence-electron chi connectivity index (χ2n) is 4.48. The molecule has 7 nitrogen and oxygen atoms in total. The van der Waals surface area contributed by atoms with Crippen molar-refractivity contribution in [3.63, 3.8) is 0 Å². The Morgan fingerprint density at radius 1 is 1.25 bits per heavy atom. The fourth-order valence-corrected chi connectivity index (χ4v) is 2.52. The predicted molar refractivity (Wildman–Crippen MR) is 77.3 cm³/mol. The zero-order chi connectivity index (χ0) is 14.6. The topological polar surface area (TPSA) is 104 Å². The van der Waals surface area contributed by atoms with Crippen molar-refractivity contribution in [3.8, 4) is 11.5 Å². The summed E-state index contributed by atoms with van der Waals surface area (Å²) >= 11 is 3.19. The number of hydrogen-bond acceptors (Lipinski definition) is 5. The van der Waals surface area contributed by atoms with Crippen LogP contribution >= 0.6 is 15.9 Å². The van der Waals surface area contributed by atoms with E-state index in [4.69, 9.17) is 0 Å². The van der Waals surface area contributed by atoms with Crippen molar-refractivity contribution >= 4 is 37.9 Å². The highest BCUT2D eigenvalue weighted by molar-refractivity contribution is 9.08. The lowest BCUT2D eigenvalue weighted by atomic mass is 10.1. The summed E-state index contributed by atoms with van der Waals surface area (Å²) < 4.78 is 1.64. The third-order valence-electron chi connectivity index (χ3n) is 3.32. The van der Waals surface area contributed by atoms with E-state index in [2.05, 4.69) is 30.9 Å². The van der Waals surface area contributed by atoms with E-state index in [1.165, 1.54) is 0 Å². The predicted octanol–water partition coefficient (Wildman–Crippen LogP) is 1.42. The number of halogens is 1. The average Bonchev–Trinajstić information content (AvgIpc) is 2.72. The third-order valence-corrected chi connectivity index (χ3v) is 3.85. The zero-order valence-corrected chi connectivity index (χ0v) is 12.3. The Balaban J connectivity index is 2.66. The highest BCUT2D eigenvalue weighted by atomic mass is 79.9. The van der Waals surface area contributed by atoms with Crippen LogP contribution in [0.3, 0.4) is 0 Å². The third kappa shape index (κ3) is 1.54. The van der Waals surface area contributed by atoms with Crippen molar-refractivity contribution in [2.75, 3.05) is 0 Å². The van der Waals surface area contributed by atoms with Gasteiger partial charge in [-0.05, 0) is 6.92 Å². The standard InChI is InChI=1S/C12H11BrN4O3/c1-4-14-8-9(17(4)2)11(19)7-6(10(8)18)12(20)16-5(3-13)15-7/h18-19H,3H2,1-2H3,(H,15,16,20). The number of nitrogens with one attached hydrogen (secondary N) is 1. The van der Waals surface area contributed by atoms with E-state index < -0.39 is 5.56 Å².